The summed E-state index contributed by atoms with van der Waals surface area (Å²) < 4.78 is 0. The summed E-state index contributed by atoms with van der Waals surface area (Å²) in [6, 6.07) is 0. The average molecular weight is 192 g/mol. The molecule has 14 heavy (non-hydrogen) atoms. The maximum atomic E-state index is 10.2. The summed E-state index contributed by atoms with van der Waals surface area (Å²) in [6.07, 6.45) is 10.5. The van der Waals surface area contributed by atoms with Crippen LogP contribution in [0.3, 0.4) is 0 Å². The van der Waals surface area contributed by atoms with Crippen molar-refractivity contribution in [3.63, 3.8) is 0 Å². The first-order chi connectivity index (χ1) is 6.86. The summed E-state index contributed by atoms with van der Waals surface area (Å²) in [5.41, 5.74) is 3.43. The highest BCUT2D eigenvalue weighted by Gasteiger charge is 2.39. The third-order valence-corrected chi connectivity index (χ3v) is 4.57. The van der Waals surface area contributed by atoms with Crippen molar-refractivity contribution in [3.8, 4) is 0 Å². The van der Waals surface area contributed by atoms with Gasteiger partial charge >= 0.3 is 0 Å². The topological polar surface area (TPSA) is 20.2 Å². The Hall–Kier alpha value is -0.300. The van der Waals surface area contributed by atoms with Gasteiger partial charge in [-0.05, 0) is 50.9 Å². The van der Waals surface area contributed by atoms with E-state index in [1.54, 1.807) is 11.1 Å². The standard InChI is InChI=1S/C13H20O/c14-13-10-5-3-7-12(13)11-6-2-1-4-9(11)8-10/h10,12-14H,1-8H2/t10-,12+,13+/m1/s1. The first-order valence-corrected chi connectivity index (χ1v) is 6.25. The van der Waals surface area contributed by atoms with Crippen LogP contribution in [0.1, 0.15) is 51.4 Å². The molecule has 0 amide bonds. The van der Waals surface area contributed by atoms with E-state index in [1.807, 2.05) is 0 Å². The summed E-state index contributed by atoms with van der Waals surface area (Å²) in [5.74, 6) is 1.18. The van der Waals surface area contributed by atoms with E-state index < -0.39 is 0 Å². The third-order valence-electron chi connectivity index (χ3n) is 4.57. The summed E-state index contributed by atoms with van der Waals surface area (Å²) in [6.45, 7) is 0. The van der Waals surface area contributed by atoms with Crippen LogP contribution in [-0.4, -0.2) is 11.2 Å². The molecule has 1 nitrogen and oxygen atoms in total. The molecule has 0 aromatic carbocycles. The van der Waals surface area contributed by atoms with Crippen LogP contribution in [0.15, 0.2) is 11.1 Å². The van der Waals surface area contributed by atoms with Crippen LogP contribution in [0, 0.1) is 11.8 Å². The third kappa shape index (κ3) is 1.25. The molecule has 3 rings (SSSR count). The Bertz CT molecular complexity index is 266. The van der Waals surface area contributed by atoms with Crippen molar-refractivity contribution in [1.29, 1.82) is 0 Å². The van der Waals surface area contributed by atoms with Gasteiger partial charge in [0.15, 0.2) is 0 Å². The Morgan fingerprint density at radius 3 is 2.79 bits per heavy atom. The van der Waals surface area contributed by atoms with Gasteiger partial charge < -0.3 is 5.11 Å². The van der Waals surface area contributed by atoms with Gasteiger partial charge in [0.2, 0.25) is 0 Å². The zero-order valence-corrected chi connectivity index (χ0v) is 8.84. The molecule has 0 aliphatic heterocycles. The van der Waals surface area contributed by atoms with Crippen LogP contribution in [0.25, 0.3) is 0 Å². The van der Waals surface area contributed by atoms with Gasteiger partial charge in [-0.25, -0.2) is 0 Å². The van der Waals surface area contributed by atoms with Crippen molar-refractivity contribution in [1.82, 2.24) is 0 Å². The second kappa shape index (κ2) is 3.37. The van der Waals surface area contributed by atoms with Gasteiger partial charge in [-0.2, -0.15) is 0 Å². The largest absolute Gasteiger partial charge is 0.392 e. The monoisotopic (exact) mass is 192 g/mol. The van der Waals surface area contributed by atoms with Crippen LogP contribution >= 0.6 is 0 Å². The van der Waals surface area contributed by atoms with Crippen LogP contribution in [0.4, 0.5) is 0 Å². The number of aliphatic hydroxyl groups is 1. The predicted octanol–water partition coefficient (Wildman–Crippen LogP) is 3.04. The molecule has 0 heterocycles. The quantitative estimate of drug-likeness (QED) is 0.585. The molecule has 2 bridgehead atoms. The highest BCUT2D eigenvalue weighted by molar-refractivity contribution is 5.26. The molecule has 1 fully saturated rings. The van der Waals surface area contributed by atoms with Gasteiger partial charge in [0.25, 0.3) is 0 Å². The average Bonchev–Trinajstić information content (AvgIpc) is 2.18. The maximum absolute atomic E-state index is 10.2. The van der Waals surface area contributed by atoms with E-state index in [0.717, 1.165) is 0 Å². The molecule has 1 N–H and O–H groups in total. The van der Waals surface area contributed by atoms with Crippen molar-refractivity contribution < 1.29 is 5.11 Å². The molecule has 3 aliphatic carbocycles. The summed E-state index contributed by atoms with van der Waals surface area (Å²) in [5, 5.41) is 10.2. The predicted molar refractivity (Wildman–Crippen MR) is 56.9 cm³/mol. The van der Waals surface area contributed by atoms with Crippen LogP contribution in [0.2, 0.25) is 0 Å². The molecule has 1 heteroatoms. The van der Waals surface area contributed by atoms with Crippen molar-refractivity contribution in [3.05, 3.63) is 11.1 Å². The lowest BCUT2D eigenvalue weighted by atomic mass is 9.64. The summed E-state index contributed by atoms with van der Waals surface area (Å²) in [7, 11) is 0. The second-order valence-corrected chi connectivity index (χ2v) is 5.33. The molecule has 0 aromatic heterocycles. The van der Waals surface area contributed by atoms with Crippen molar-refractivity contribution in [2.45, 2.75) is 57.5 Å². The number of allylic oxidation sites excluding steroid dienone is 1. The van der Waals surface area contributed by atoms with E-state index in [0.29, 0.717) is 11.8 Å². The minimum Gasteiger partial charge on any atom is -0.392 e. The van der Waals surface area contributed by atoms with Crippen molar-refractivity contribution >= 4 is 0 Å². The van der Waals surface area contributed by atoms with E-state index in [4.69, 9.17) is 0 Å². The highest BCUT2D eigenvalue weighted by Crippen LogP contribution is 2.47. The molecule has 0 radical (unpaired) electrons. The molecule has 3 aliphatic rings. The Kier molecular flexibility index (Phi) is 2.16. The first-order valence-electron chi connectivity index (χ1n) is 6.25. The minimum absolute atomic E-state index is 0.0144. The zero-order chi connectivity index (χ0) is 9.54. The van der Waals surface area contributed by atoms with E-state index in [-0.39, 0.29) is 6.10 Å². The van der Waals surface area contributed by atoms with E-state index in [9.17, 15) is 5.11 Å². The van der Waals surface area contributed by atoms with Gasteiger partial charge in [-0.15, -0.1) is 0 Å². The SMILES string of the molecule is O[C@H]1[C@@H]2CCC[C@H]1C1=C(CCCC1)C2. The van der Waals surface area contributed by atoms with E-state index in [2.05, 4.69) is 0 Å². The summed E-state index contributed by atoms with van der Waals surface area (Å²) in [4.78, 5) is 0. The molecule has 3 atom stereocenters. The fourth-order valence-corrected chi connectivity index (χ4v) is 3.86. The lowest BCUT2D eigenvalue weighted by Gasteiger charge is -2.44. The van der Waals surface area contributed by atoms with Crippen LogP contribution in [-0.2, 0) is 0 Å². The molecular weight excluding hydrogens is 172 g/mol. The molecular formula is C13H20O. The normalized spacial score (nSPS) is 42.2. The molecule has 0 aromatic rings. The molecule has 0 spiro atoms. The minimum atomic E-state index is 0.0144. The maximum Gasteiger partial charge on any atom is 0.0636 e. The molecule has 78 valence electrons. The Labute approximate surface area is 86.2 Å². The Morgan fingerprint density at radius 1 is 1.00 bits per heavy atom. The molecule has 0 saturated heterocycles. The van der Waals surface area contributed by atoms with Gasteiger partial charge in [-0.3, -0.25) is 0 Å². The second-order valence-electron chi connectivity index (χ2n) is 5.33. The molecule has 1 saturated carbocycles. The number of rotatable bonds is 0. The smallest absolute Gasteiger partial charge is 0.0636 e. The number of hydrogen-bond acceptors (Lipinski definition) is 1. The molecule has 0 unspecified atom stereocenters. The highest BCUT2D eigenvalue weighted by atomic mass is 16.3. The zero-order valence-electron chi connectivity index (χ0n) is 8.84. The fourth-order valence-electron chi connectivity index (χ4n) is 3.86. The number of fused-ring (bicyclic) bond motifs is 3. The van der Waals surface area contributed by atoms with Gasteiger partial charge in [0.1, 0.15) is 0 Å². The Morgan fingerprint density at radius 2 is 1.86 bits per heavy atom. The number of hydrogen-bond donors (Lipinski definition) is 1. The Balaban J connectivity index is 1.95. The fraction of sp³-hybridized carbons (Fsp3) is 0.846. The van der Waals surface area contributed by atoms with Crippen molar-refractivity contribution in [2.75, 3.05) is 0 Å². The van der Waals surface area contributed by atoms with E-state index in [1.165, 1.54) is 51.4 Å². The lowest BCUT2D eigenvalue weighted by Crippen LogP contribution is -2.39. The van der Waals surface area contributed by atoms with Crippen LogP contribution in [0.5, 0.6) is 0 Å². The lowest BCUT2D eigenvalue weighted by molar-refractivity contribution is 0.0195. The number of aliphatic hydroxyl groups excluding tert-OH is 1. The van der Waals surface area contributed by atoms with Gasteiger partial charge in [0.05, 0.1) is 6.10 Å². The van der Waals surface area contributed by atoms with Gasteiger partial charge in [-0.1, -0.05) is 17.6 Å². The van der Waals surface area contributed by atoms with Gasteiger partial charge in [0, 0.05) is 5.92 Å². The summed E-state index contributed by atoms with van der Waals surface area (Å²) >= 11 is 0. The van der Waals surface area contributed by atoms with Crippen molar-refractivity contribution in [2.24, 2.45) is 11.8 Å². The van der Waals surface area contributed by atoms with Crippen LogP contribution < -0.4 is 0 Å². The van der Waals surface area contributed by atoms with E-state index >= 15 is 0 Å². The first kappa shape index (κ1) is 8.96.